The Bertz CT molecular complexity index is 5220. The maximum absolute atomic E-state index is 4.31. The van der Waals surface area contributed by atoms with Crippen molar-refractivity contribution in [1.82, 2.24) is 44.9 Å². The van der Waals surface area contributed by atoms with E-state index in [1.165, 1.54) is 134 Å². The van der Waals surface area contributed by atoms with Gasteiger partial charge in [-0.15, -0.1) is 0 Å². The summed E-state index contributed by atoms with van der Waals surface area (Å²) in [5.41, 5.74) is 32.9. The highest BCUT2D eigenvalue weighted by molar-refractivity contribution is 5.70. The van der Waals surface area contributed by atoms with Crippen molar-refractivity contribution in [1.29, 1.82) is 0 Å². The Morgan fingerprint density at radius 2 is 0.436 bits per heavy atom. The van der Waals surface area contributed by atoms with Gasteiger partial charge in [-0.1, -0.05) is 282 Å². The molecule has 0 bridgehead atoms. The van der Waals surface area contributed by atoms with E-state index in [0.717, 1.165) is 17.1 Å². The first-order valence-corrected chi connectivity index (χ1v) is 39.0. The molecule has 0 radical (unpaired) electrons. The lowest BCUT2D eigenvalue weighted by Gasteiger charge is -2.03. The van der Waals surface area contributed by atoms with Gasteiger partial charge < -0.3 is 0 Å². The highest BCUT2D eigenvalue weighted by Gasteiger charge is 2.05. The van der Waals surface area contributed by atoms with Gasteiger partial charge in [0, 0.05) is 115 Å². The highest BCUT2D eigenvalue weighted by atomic mass is 14.7. The largest absolute Gasteiger partial charge is 0.265 e. The van der Waals surface area contributed by atoms with Crippen molar-refractivity contribution in [2.24, 2.45) is 0 Å². The van der Waals surface area contributed by atoms with Crippen LogP contribution in [-0.2, 0) is 0 Å². The predicted molar refractivity (Wildman–Crippen MR) is 490 cm³/mol. The summed E-state index contributed by atoms with van der Waals surface area (Å²) >= 11 is 0. The minimum Gasteiger partial charge on any atom is -0.265 e. The van der Waals surface area contributed by atoms with E-state index >= 15 is 0 Å². The number of benzene rings is 9. The first kappa shape index (κ1) is 84.8. The molecule has 18 aromatic rings. The summed E-state index contributed by atoms with van der Waals surface area (Å²) in [6.07, 6.45) is 27.4. The molecule has 0 amide bonds. The molecule has 9 aromatic carbocycles. The maximum atomic E-state index is 4.31. The van der Waals surface area contributed by atoms with Crippen molar-refractivity contribution < 1.29 is 0 Å². The Morgan fingerprint density at radius 1 is 0.145 bits per heavy atom. The third-order valence-corrected chi connectivity index (χ3v) is 18.5. The second-order valence-corrected chi connectivity index (χ2v) is 27.7. The summed E-state index contributed by atoms with van der Waals surface area (Å²) in [5, 5.41) is 0. The van der Waals surface area contributed by atoms with E-state index in [-0.39, 0.29) is 0 Å². The van der Waals surface area contributed by atoms with Gasteiger partial charge in [-0.2, -0.15) is 0 Å². The van der Waals surface area contributed by atoms with Crippen LogP contribution in [0.1, 0.15) is 50.1 Å². The number of aryl methyl sites for hydroxylation is 9. The Hall–Kier alpha value is -14.7. The number of hydrogen-bond acceptors (Lipinski definition) is 9. The quantitative estimate of drug-likeness (QED) is 0.139. The molecule has 0 fully saturated rings. The molecule has 0 aliphatic heterocycles. The molecule has 576 valence electrons. The van der Waals surface area contributed by atoms with Crippen LogP contribution in [0.5, 0.6) is 0 Å². The number of hydrogen-bond donors (Lipinski definition) is 0. The van der Waals surface area contributed by atoms with Gasteiger partial charge in [-0.25, -0.2) is 0 Å². The van der Waals surface area contributed by atoms with Crippen molar-refractivity contribution in [3.05, 3.63) is 489 Å². The fraction of sp³-hybridized carbons (Fsp3) is 0.0833. The average molecular weight is 1520 g/mol. The Kier molecular flexibility index (Phi) is 34.0. The van der Waals surface area contributed by atoms with E-state index < -0.39 is 0 Å². The van der Waals surface area contributed by atoms with Gasteiger partial charge in [0.25, 0.3) is 0 Å². The maximum Gasteiger partial charge on any atom is 0.0704 e. The number of pyridine rings is 9. The van der Waals surface area contributed by atoms with Crippen molar-refractivity contribution in [2.45, 2.75) is 62.3 Å². The SMILES string of the molecule is Cc1ccc(-c2ccccn2)cc1.Cc1ccc(-c2cccnc2)cc1.Cc1ccc(-c2ccncc2)cc1.Cc1cccc(-c2ccccn2)c1.Cc1cccc(-c2cccnc2)c1.Cc1cccc(-c2ccncc2)c1.Cc1ccccc1-c1ccccn1.Cc1ccccc1-c1cccnc1.Cc1ccccc1-c1ccncc1. The van der Waals surface area contributed by atoms with Crippen LogP contribution < -0.4 is 0 Å². The predicted octanol–water partition coefficient (Wildman–Crippen LogP) is 27.5. The second-order valence-electron chi connectivity index (χ2n) is 27.7. The highest BCUT2D eigenvalue weighted by Crippen LogP contribution is 2.27. The zero-order valence-corrected chi connectivity index (χ0v) is 68.1. The molecule has 117 heavy (non-hydrogen) atoms. The smallest absolute Gasteiger partial charge is 0.0704 e. The van der Waals surface area contributed by atoms with Crippen molar-refractivity contribution >= 4 is 0 Å². The van der Waals surface area contributed by atoms with Crippen LogP contribution in [0, 0.1) is 62.3 Å². The van der Waals surface area contributed by atoms with Crippen LogP contribution >= 0.6 is 0 Å². The number of rotatable bonds is 9. The molecule has 0 saturated carbocycles. The zero-order chi connectivity index (χ0) is 81.9. The Morgan fingerprint density at radius 3 is 0.821 bits per heavy atom. The topological polar surface area (TPSA) is 116 Å². The van der Waals surface area contributed by atoms with Gasteiger partial charge >= 0.3 is 0 Å². The monoisotopic (exact) mass is 1520 g/mol. The molecular formula is C108H99N9. The lowest BCUT2D eigenvalue weighted by Crippen LogP contribution is -1.84. The van der Waals surface area contributed by atoms with Gasteiger partial charge in [0.2, 0.25) is 0 Å². The van der Waals surface area contributed by atoms with Gasteiger partial charge in [-0.05, 0) is 237 Å². The van der Waals surface area contributed by atoms with Crippen molar-refractivity contribution in [3.63, 3.8) is 0 Å². The lowest BCUT2D eigenvalue weighted by atomic mass is 10.0. The fourth-order valence-electron chi connectivity index (χ4n) is 12.1. The molecular weight excluding hydrogens is 1420 g/mol. The summed E-state index contributed by atoms with van der Waals surface area (Å²) in [4.78, 5) is 37.1. The van der Waals surface area contributed by atoms with Crippen LogP contribution in [-0.4, -0.2) is 44.9 Å². The normalized spacial score (nSPS) is 9.92. The van der Waals surface area contributed by atoms with E-state index in [1.54, 1.807) is 18.6 Å². The second kappa shape index (κ2) is 47.0. The molecule has 0 saturated heterocycles. The van der Waals surface area contributed by atoms with E-state index in [4.69, 9.17) is 0 Å². The van der Waals surface area contributed by atoms with Crippen molar-refractivity contribution in [3.8, 4) is 101 Å². The first-order chi connectivity index (χ1) is 57.3. The molecule has 9 heterocycles. The summed E-state index contributed by atoms with van der Waals surface area (Å²) in [6, 6.07) is 118. The minimum absolute atomic E-state index is 1.03. The first-order valence-electron chi connectivity index (χ1n) is 39.0. The van der Waals surface area contributed by atoms with E-state index in [9.17, 15) is 0 Å². The molecule has 0 N–H and O–H groups in total. The summed E-state index contributed by atoms with van der Waals surface area (Å²) in [6.45, 7) is 18.9. The molecule has 0 aliphatic rings. The van der Waals surface area contributed by atoms with E-state index in [2.05, 4.69) is 332 Å². The van der Waals surface area contributed by atoms with Crippen LogP contribution in [0.3, 0.4) is 0 Å². The van der Waals surface area contributed by atoms with Gasteiger partial charge in [-0.3, -0.25) is 44.9 Å². The third kappa shape index (κ3) is 28.8. The average Bonchev–Trinajstić information content (AvgIpc) is 0.761. The van der Waals surface area contributed by atoms with Crippen LogP contribution in [0.4, 0.5) is 0 Å². The minimum atomic E-state index is 1.03. The van der Waals surface area contributed by atoms with E-state index in [0.29, 0.717) is 0 Å². The molecule has 9 heteroatoms. The molecule has 18 rings (SSSR count). The van der Waals surface area contributed by atoms with Crippen molar-refractivity contribution in [2.75, 3.05) is 0 Å². The molecule has 9 nitrogen and oxygen atoms in total. The van der Waals surface area contributed by atoms with Crippen LogP contribution in [0.2, 0.25) is 0 Å². The van der Waals surface area contributed by atoms with Gasteiger partial charge in [0.15, 0.2) is 0 Å². The zero-order valence-electron chi connectivity index (χ0n) is 68.1. The summed E-state index contributed by atoms with van der Waals surface area (Å²) in [7, 11) is 0. The van der Waals surface area contributed by atoms with E-state index in [1.807, 2.05) is 196 Å². The Balaban J connectivity index is 0.000000139. The van der Waals surface area contributed by atoms with Gasteiger partial charge in [0.05, 0.1) is 17.1 Å². The third-order valence-electron chi connectivity index (χ3n) is 18.5. The summed E-state index contributed by atoms with van der Waals surface area (Å²) in [5.74, 6) is 0. The lowest BCUT2D eigenvalue weighted by molar-refractivity contribution is 1.31. The fourth-order valence-corrected chi connectivity index (χ4v) is 12.1. The number of nitrogens with zero attached hydrogens (tertiary/aromatic N) is 9. The number of aromatic nitrogens is 9. The molecule has 9 aromatic heterocycles. The van der Waals surface area contributed by atoms with Gasteiger partial charge in [0.1, 0.15) is 0 Å². The molecule has 0 aliphatic carbocycles. The molecule has 0 unspecified atom stereocenters. The Labute approximate surface area is 692 Å². The summed E-state index contributed by atoms with van der Waals surface area (Å²) < 4.78 is 0. The van der Waals surface area contributed by atoms with Crippen LogP contribution in [0.15, 0.2) is 439 Å². The molecule has 0 atom stereocenters. The van der Waals surface area contributed by atoms with Crippen LogP contribution in [0.25, 0.3) is 101 Å². The molecule has 0 spiro atoms. The standard InChI is InChI=1S/9C12H11N/c1-10-2-4-11(5-3-10)12-6-8-13-9-7-12;1-10-4-2-5-11(8-10)12-6-3-7-13-9-12;1-10-4-6-11(7-5-10)12-3-2-8-13-9-12;1-10-5-4-6-11(9-10)12-7-2-3-8-13-12;1-10-6-2-3-7-11(10)12-8-4-5-9-13-12;1-10-5-2-3-7-12(10)11-6-4-8-13-9-11;1-10-3-2-4-12(9-10)11-5-7-13-8-6-11;1-10-5-7-11(8-6-10)12-4-2-3-9-13-12;1-10-4-2-3-5-12(10)11-6-8-13-9-7-11/h9*2-9H,1H3.